The van der Waals surface area contributed by atoms with Crippen molar-refractivity contribution in [2.75, 3.05) is 0 Å². The number of rotatable bonds is 0. The molecule has 0 aromatic rings. The van der Waals surface area contributed by atoms with E-state index in [-0.39, 0.29) is 88.3 Å². The first-order valence-electron chi connectivity index (χ1n) is 0.204. The van der Waals surface area contributed by atoms with Crippen molar-refractivity contribution in [2.24, 2.45) is 0 Å². The SMILES string of the molecule is [Ba+2].[Cu].[H-].[H-].[S]=[Sn].[Zn]. The second-order valence-electron chi connectivity index (χ2n) is 0. The molecule has 0 heterocycles. The van der Waals surface area contributed by atoms with Crippen molar-refractivity contribution < 1.29 is 39.4 Å². The monoisotopic (exact) mass is 419 g/mol. The second kappa shape index (κ2) is 25.2. The molecule has 0 spiro atoms. The first kappa shape index (κ1) is 23.3. The third kappa shape index (κ3) is 18.2. The average Bonchev–Trinajstić information content (AvgIpc) is 1.00. The first-order valence-corrected chi connectivity index (χ1v) is 4.11. The Balaban J connectivity index is -0.000000000500. The van der Waals surface area contributed by atoms with E-state index in [1.165, 1.54) is 0 Å². The van der Waals surface area contributed by atoms with Crippen LogP contribution in [-0.2, 0) is 36.5 Å². The van der Waals surface area contributed by atoms with Crippen molar-refractivity contribution in [1.82, 2.24) is 0 Å². The molecule has 0 aromatic carbocycles. The van der Waals surface area contributed by atoms with Gasteiger partial charge in [0.2, 0.25) is 0 Å². The van der Waals surface area contributed by atoms with E-state index in [1.807, 2.05) is 0 Å². The molecule has 0 amide bonds. The van der Waals surface area contributed by atoms with Gasteiger partial charge in [0.15, 0.2) is 0 Å². The molecule has 0 fully saturated rings. The van der Waals surface area contributed by atoms with Crippen LogP contribution in [0.15, 0.2) is 0 Å². The van der Waals surface area contributed by atoms with Crippen molar-refractivity contribution in [3.8, 4) is 0 Å². The molecule has 5 heteroatoms. The largest absolute Gasteiger partial charge is 0 e. The smallest absolute Gasteiger partial charge is 0 e. The third-order valence-electron chi connectivity index (χ3n) is 0. The Hall–Kier alpha value is 3.73. The molecule has 0 aliphatic carbocycles. The molecule has 0 unspecified atom stereocenters. The summed E-state index contributed by atoms with van der Waals surface area (Å²) in [5.74, 6) is 0. The van der Waals surface area contributed by atoms with Crippen molar-refractivity contribution in [1.29, 1.82) is 0 Å². The Kier molecular flexibility index (Phi) is 117. The van der Waals surface area contributed by atoms with E-state index < -0.39 is 0 Å². The zero-order valence-electron chi connectivity index (χ0n) is 4.62. The van der Waals surface area contributed by atoms with Gasteiger partial charge in [0.25, 0.3) is 0 Å². The molecule has 0 rings (SSSR count). The fourth-order valence-corrected chi connectivity index (χ4v) is 0. The van der Waals surface area contributed by atoms with Crippen LogP contribution in [0.3, 0.4) is 0 Å². The van der Waals surface area contributed by atoms with Gasteiger partial charge in [-0.15, -0.1) is 0 Å². The Labute approximate surface area is 115 Å². The topological polar surface area (TPSA) is 0 Å². The van der Waals surface area contributed by atoms with Crippen LogP contribution in [0.2, 0.25) is 0 Å². The molecule has 0 saturated heterocycles. The van der Waals surface area contributed by atoms with Crippen LogP contribution in [-0.4, -0.2) is 69.5 Å². The molecule has 3 radical (unpaired) electrons. The van der Waals surface area contributed by atoms with E-state index in [1.54, 1.807) is 0 Å². The Morgan fingerprint density at radius 2 is 1.40 bits per heavy atom. The summed E-state index contributed by atoms with van der Waals surface area (Å²) in [7, 11) is 4.17. The van der Waals surface area contributed by atoms with Crippen LogP contribution in [0.4, 0.5) is 0 Å². The zero-order valence-corrected chi connectivity index (χ0v) is 14.6. The molecular formula is H2BaCuSSnZn. The molecule has 0 nitrogen and oxygen atoms in total. The second-order valence-corrected chi connectivity index (χ2v) is 0. The summed E-state index contributed by atoms with van der Waals surface area (Å²) in [4.78, 5) is 0. The van der Waals surface area contributed by atoms with E-state index in [0.29, 0.717) is 0 Å². The number of hydrogen-bond donors (Lipinski definition) is 0. The normalized spacial score (nSPS) is 0.800. The molecule has 0 saturated carbocycles. The minimum atomic E-state index is 0. The van der Waals surface area contributed by atoms with E-state index in [0.717, 1.165) is 20.6 Å². The van der Waals surface area contributed by atoms with E-state index in [4.69, 9.17) is 0 Å². The minimum Gasteiger partial charge on any atom is 0 e. The molecule has 0 aromatic heterocycles. The minimum absolute atomic E-state index is 0. The van der Waals surface area contributed by atoms with Gasteiger partial charge in [-0.2, -0.15) is 0 Å². The van der Waals surface area contributed by atoms with Crippen LogP contribution in [0, 0.1) is 0 Å². The fraction of sp³-hybridized carbons (Fsp3) is 0. The van der Waals surface area contributed by atoms with Crippen LogP contribution >= 0.6 is 9.29 Å². The summed E-state index contributed by atoms with van der Waals surface area (Å²) < 4.78 is 0. The average molecular weight is 419 g/mol. The van der Waals surface area contributed by atoms with E-state index in [2.05, 4.69) is 9.29 Å². The maximum atomic E-state index is 4.17. The van der Waals surface area contributed by atoms with E-state index in [9.17, 15) is 0 Å². The predicted molar refractivity (Wildman–Crippen MR) is 21.3 cm³/mol. The summed E-state index contributed by atoms with van der Waals surface area (Å²) in [6.45, 7) is 0. The van der Waals surface area contributed by atoms with Gasteiger partial charge in [0, 0.05) is 36.5 Å². The first-order chi connectivity index (χ1) is 1.00. The molecule has 27 valence electrons. The van der Waals surface area contributed by atoms with Crippen molar-refractivity contribution >= 4 is 78.8 Å². The quantitative estimate of drug-likeness (QED) is 0.503. The van der Waals surface area contributed by atoms with Gasteiger partial charge in [-0.05, 0) is 0 Å². The molecule has 5 heavy (non-hydrogen) atoms. The zero-order chi connectivity index (χ0) is 2.00. The Morgan fingerprint density at radius 1 is 1.40 bits per heavy atom. The molecule has 0 bridgehead atoms. The molecule has 0 aliphatic rings. The van der Waals surface area contributed by atoms with Gasteiger partial charge in [0.05, 0.1) is 0 Å². The fourth-order valence-electron chi connectivity index (χ4n) is 0. The van der Waals surface area contributed by atoms with Crippen LogP contribution in [0.1, 0.15) is 2.85 Å². The maximum Gasteiger partial charge on any atom is 0 e. The van der Waals surface area contributed by atoms with Gasteiger partial charge in [-0.3, -0.25) is 0 Å². The van der Waals surface area contributed by atoms with Crippen LogP contribution < -0.4 is 0 Å². The standard InChI is InChI=1S/Ba.Cu.S.Sn.Zn.2H/q+2;;;;;2*-1. The maximum absolute atomic E-state index is 4.17. The summed E-state index contributed by atoms with van der Waals surface area (Å²) in [6.07, 6.45) is 0. The van der Waals surface area contributed by atoms with Gasteiger partial charge < -0.3 is 2.85 Å². The summed E-state index contributed by atoms with van der Waals surface area (Å²) in [6, 6.07) is 0. The van der Waals surface area contributed by atoms with Crippen molar-refractivity contribution in [3.05, 3.63) is 0 Å². The van der Waals surface area contributed by atoms with Crippen LogP contribution in [0.25, 0.3) is 0 Å². The predicted octanol–water partition coefficient (Wildman–Crippen LogP) is 0.107. The summed E-state index contributed by atoms with van der Waals surface area (Å²) in [5.41, 5.74) is 0. The van der Waals surface area contributed by atoms with E-state index >= 15 is 0 Å². The van der Waals surface area contributed by atoms with Gasteiger partial charge in [-0.1, -0.05) is 0 Å². The van der Waals surface area contributed by atoms with Gasteiger partial charge >= 0.3 is 78.8 Å². The Bertz CT molecular complexity index is 17.7. The van der Waals surface area contributed by atoms with Crippen molar-refractivity contribution in [2.45, 2.75) is 0 Å². The van der Waals surface area contributed by atoms with Gasteiger partial charge in [-0.25, -0.2) is 0 Å². The third-order valence-corrected chi connectivity index (χ3v) is 0. The summed E-state index contributed by atoms with van der Waals surface area (Å²) in [5, 5.41) is 0. The molecule has 0 aliphatic heterocycles. The summed E-state index contributed by atoms with van der Waals surface area (Å²) >= 11 is 1.13. The molecular weight excluding hydrogens is 417 g/mol. The van der Waals surface area contributed by atoms with Gasteiger partial charge in [0.1, 0.15) is 0 Å². The van der Waals surface area contributed by atoms with Crippen molar-refractivity contribution in [3.63, 3.8) is 0 Å². The van der Waals surface area contributed by atoms with Crippen LogP contribution in [0.5, 0.6) is 0 Å². The Morgan fingerprint density at radius 3 is 1.40 bits per heavy atom. The molecule has 0 atom stereocenters. The number of hydrogen-bond acceptors (Lipinski definition) is 1. The molecule has 0 N–H and O–H groups in total.